The SMILES string of the molecule is Fc1cccc(Cl)c1Cn1cc(CNCCOc2ccccn2)c2ccccc21. The Bertz CT molecular complexity index is 1080. The number of ether oxygens (including phenoxy) is 1. The van der Waals surface area contributed by atoms with E-state index in [0.717, 1.165) is 16.5 Å². The zero-order valence-electron chi connectivity index (χ0n) is 15.8. The molecule has 2 aromatic carbocycles. The second-order valence-corrected chi connectivity index (χ2v) is 7.10. The average Bonchev–Trinajstić information content (AvgIpc) is 3.09. The third-order valence-corrected chi connectivity index (χ3v) is 5.10. The van der Waals surface area contributed by atoms with Crippen LogP contribution in [0.4, 0.5) is 4.39 Å². The number of fused-ring (bicyclic) bond motifs is 1. The minimum Gasteiger partial charge on any atom is -0.476 e. The van der Waals surface area contributed by atoms with Crippen molar-refractivity contribution in [2.45, 2.75) is 13.1 Å². The van der Waals surface area contributed by atoms with Crippen LogP contribution in [0.2, 0.25) is 5.02 Å². The Labute approximate surface area is 173 Å². The first-order chi connectivity index (χ1) is 14.2. The summed E-state index contributed by atoms with van der Waals surface area (Å²) in [5.74, 6) is 0.328. The fourth-order valence-electron chi connectivity index (χ4n) is 3.33. The van der Waals surface area contributed by atoms with Gasteiger partial charge in [0.15, 0.2) is 0 Å². The van der Waals surface area contributed by atoms with Gasteiger partial charge in [0.1, 0.15) is 12.4 Å². The molecular weight excluding hydrogens is 389 g/mol. The van der Waals surface area contributed by atoms with Gasteiger partial charge in [0.05, 0.1) is 6.54 Å². The van der Waals surface area contributed by atoms with Crippen LogP contribution in [0.3, 0.4) is 0 Å². The summed E-state index contributed by atoms with van der Waals surface area (Å²) >= 11 is 6.22. The van der Waals surface area contributed by atoms with Gasteiger partial charge in [0.2, 0.25) is 5.88 Å². The van der Waals surface area contributed by atoms with Gasteiger partial charge in [-0.05, 0) is 29.8 Å². The van der Waals surface area contributed by atoms with E-state index in [2.05, 4.69) is 22.6 Å². The Morgan fingerprint density at radius 3 is 2.72 bits per heavy atom. The number of hydrogen-bond donors (Lipinski definition) is 1. The molecule has 2 aromatic heterocycles. The molecule has 0 aliphatic heterocycles. The predicted octanol–water partition coefficient (Wildman–Crippen LogP) is 5.05. The van der Waals surface area contributed by atoms with E-state index in [4.69, 9.17) is 16.3 Å². The van der Waals surface area contributed by atoms with Gasteiger partial charge in [-0.1, -0.05) is 41.9 Å². The van der Waals surface area contributed by atoms with Crippen molar-refractivity contribution in [3.63, 3.8) is 0 Å². The molecular formula is C23H21ClFN3O. The van der Waals surface area contributed by atoms with Crippen LogP contribution in [0, 0.1) is 5.82 Å². The molecule has 0 aliphatic carbocycles. The van der Waals surface area contributed by atoms with Crippen LogP contribution in [0.5, 0.6) is 5.88 Å². The van der Waals surface area contributed by atoms with Gasteiger partial charge in [-0.3, -0.25) is 0 Å². The molecule has 1 N–H and O–H groups in total. The molecule has 0 aliphatic rings. The summed E-state index contributed by atoms with van der Waals surface area (Å²) < 4.78 is 21.9. The summed E-state index contributed by atoms with van der Waals surface area (Å²) in [6, 6.07) is 18.5. The highest BCUT2D eigenvalue weighted by molar-refractivity contribution is 6.31. The first kappa shape index (κ1) is 19.4. The lowest BCUT2D eigenvalue weighted by Gasteiger charge is -2.08. The number of benzene rings is 2. The summed E-state index contributed by atoms with van der Waals surface area (Å²) in [7, 11) is 0. The van der Waals surface area contributed by atoms with Crippen molar-refractivity contribution < 1.29 is 9.13 Å². The first-order valence-electron chi connectivity index (χ1n) is 9.46. The van der Waals surface area contributed by atoms with E-state index in [9.17, 15) is 4.39 Å². The number of rotatable bonds is 8. The third kappa shape index (κ3) is 4.58. The summed E-state index contributed by atoms with van der Waals surface area (Å²) in [5, 5.41) is 4.97. The molecule has 0 atom stereocenters. The average molecular weight is 410 g/mol. The normalized spacial score (nSPS) is 11.1. The quantitative estimate of drug-likeness (QED) is 0.414. The van der Waals surface area contributed by atoms with Gasteiger partial charge in [0, 0.05) is 53.0 Å². The van der Waals surface area contributed by atoms with Crippen LogP contribution < -0.4 is 10.1 Å². The number of pyridine rings is 1. The summed E-state index contributed by atoms with van der Waals surface area (Å²) in [6.07, 6.45) is 3.76. The van der Waals surface area contributed by atoms with Gasteiger partial charge in [-0.2, -0.15) is 0 Å². The maximum Gasteiger partial charge on any atom is 0.213 e. The molecule has 4 rings (SSSR count). The fraction of sp³-hybridized carbons (Fsp3) is 0.174. The molecule has 4 nitrogen and oxygen atoms in total. The van der Waals surface area contributed by atoms with Gasteiger partial charge in [-0.15, -0.1) is 0 Å². The highest BCUT2D eigenvalue weighted by Crippen LogP contribution is 2.25. The second-order valence-electron chi connectivity index (χ2n) is 6.69. The number of nitrogens with one attached hydrogen (secondary N) is 1. The maximum absolute atomic E-state index is 14.2. The van der Waals surface area contributed by atoms with Crippen LogP contribution in [0.15, 0.2) is 73.1 Å². The summed E-state index contributed by atoms with van der Waals surface area (Å²) in [6.45, 7) is 2.29. The van der Waals surface area contributed by atoms with Crippen LogP contribution in [0.1, 0.15) is 11.1 Å². The molecule has 0 fully saturated rings. The minimum atomic E-state index is -0.290. The monoisotopic (exact) mass is 409 g/mol. The molecule has 0 saturated carbocycles. The van der Waals surface area contributed by atoms with Crippen molar-refractivity contribution in [3.05, 3.63) is 95.0 Å². The molecule has 29 heavy (non-hydrogen) atoms. The maximum atomic E-state index is 14.2. The fourth-order valence-corrected chi connectivity index (χ4v) is 3.55. The molecule has 148 valence electrons. The Morgan fingerprint density at radius 2 is 1.90 bits per heavy atom. The summed E-state index contributed by atoms with van der Waals surface area (Å²) in [5.41, 5.74) is 2.69. The topological polar surface area (TPSA) is 39.1 Å². The van der Waals surface area contributed by atoms with Crippen molar-refractivity contribution in [3.8, 4) is 5.88 Å². The van der Waals surface area contributed by atoms with Crippen LogP contribution in [0.25, 0.3) is 10.9 Å². The first-order valence-corrected chi connectivity index (χ1v) is 9.84. The Kier molecular flexibility index (Phi) is 6.08. The Morgan fingerprint density at radius 1 is 1.03 bits per heavy atom. The number of halogens is 2. The zero-order valence-corrected chi connectivity index (χ0v) is 16.6. The van der Waals surface area contributed by atoms with Crippen LogP contribution >= 0.6 is 11.6 Å². The third-order valence-electron chi connectivity index (χ3n) is 4.74. The number of hydrogen-bond acceptors (Lipinski definition) is 3. The van der Waals surface area contributed by atoms with Gasteiger partial charge >= 0.3 is 0 Å². The second kappa shape index (κ2) is 9.07. The highest BCUT2D eigenvalue weighted by atomic mass is 35.5. The lowest BCUT2D eigenvalue weighted by Crippen LogP contribution is -2.20. The van der Waals surface area contributed by atoms with Crippen molar-refractivity contribution in [2.75, 3.05) is 13.2 Å². The highest BCUT2D eigenvalue weighted by Gasteiger charge is 2.12. The molecule has 0 spiro atoms. The van der Waals surface area contributed by atoms with E-state index < -0.39 is 0 Å². The van der Waals surface area contributed by atoms with Gasteiger partial charge in [-0.25, -0.2) is 9.37 Å². The lowest BCUT2D eigenvalue weighted by atomic mass is 10.2. The van der Waals surface area contributed by atoms with E-state index in [1.165, 1.54) is 6.07 Å². The van der Waals surface area contributed by atoms with Crippen LogP contribution in [-0.2, 0) is 13.1 Å². The molecule has 6 heteroatoms. The molecule has 4 aromatic rings. The largest absolute Gasteiger partial charge is 0.476 e. The predicted molar refractivity (Wildman–Crippen MR) is 114 cm³/mol. The van der Waals surface area contributed by atoms with E-state index in [0.29, 0.717) is 42.7 Å². The van der Waals surface area contributed by atoms with E-state index in [1.807, 2.05) is 41.0 Å². The molecule has 0 amide bonds. The molecule has 0 unspecified atom stereocenters. The van der Waals surface area contributed by atoms with E-state index in [-0.39, 0.29) is 5.82 Å². The standard InChI is InChI=1S/C23H21ClFN3O/c24-20-7-5-8-21(25)19(20)16-28-15-17(18-6-1-2-9-22(18)28)14-26-12-13-29-23-10-3-4-11-27-23/h1-11,15,26H,12-14,16H2. The van der Waals surface area contributed by atoms with E-state index in [1.54, 1.807) is 18.3 Å². The minimum absolute atomic E-state index is 0.290. The Balaban J connectivity index is 1.45. The number of nitrogens with zero attached hydrogens (tertiary/aromatic N) is 2. The molecule has 2 heterocycles. The smallest absolute Gasteiger partial charge is 0.213 e. The zero-order chi connectivity index (χ0) is 20.1. The lowest BCUT2D eigenvalue weighted by molar-refractivity contribution is 0.302. The Hall–Kier alpha value is -2.89. The van der Waals surface area contributed by atoms with Crippen molar-refractivity contribution in [1.29, 1.82) is 0 Å². The van der Waals surface area contributed by atoms with Crippen molar-refractivity contribution >= 4 is 22.5 Å². The van der Waals surface area contributed by atoms with Crippen molar-refractivity contribution in [1.82, 2.24) is 14.9 Å². The number of aromatic nitrogens is 2. The molecule has 0 saturated heterocycles. The molecule has 0 bridgehead atoms. The van der Waals surface area contributed by atoms with E-state index >= 15 is 0 Å². The molecule has 0 radical (unpaired) electrons. The van der Waals surface area contributed by atoms with Crippen LogP contribution in [-0.4, -0.2) is 22.7 Å². The van der Waals surface area contributed by atoms with Crippen molar-refractivity contribution in [2.24, 2.45) is 0 Å². The van der Waals surface area contributed by atoms with Gasteiger partial charge in [0.25, 0.3) is 0 Å². The van der Waals surface area contributed by atoms with Gasteiger partial charge < -0.3 is 14.6 Å². The summed E-state index contributed by atoms with van der Waals surface area (Å²) in [4.78, 5) is 4.14. The number of para-hydroxylation sites is 1.